The molecule has 0 unspecified atom stereocenters. The number of hydrogen-bond acceptors (Lipinski definition) is 2. The zero-order chi connectivity index (χ0) is 12.8. The summed E-state index contributed by atoms with van der Waals surface area (Å²) in [5, 5.41) is 6.22. The summed E-state index contributed by atoms with van der Waals surface area (Å²) in [4.78, 5) is 11.8. The van der Waals surface area contributed by atoms with Crippen LogP contribution in [0.3, 0.4) is 0 Å². The summed E-state index contributed by atoms with van der Waals surface area (Å²) in [5.74, 6) is 0.754. The van der Waals surface area contributed by atoms with Gasteiger partial charge in [0.15, 0.2) is 0 Å². The molecule has 1 atom stereocenters. The van der Waals surface area contributed by atoms with Gasteiger partial charge >= 0.3 is 0 Å². The van der Waals surface area contributed by atoms with E-state index in [2.05, 4.69) is 17.6 Å². The normalized spacial score (nSPS) is 17.4. The summed E-state index contributed by atoms with van der Waals surface area (Å²) in [6, 6.07) is 10.1. The van der Waals surface area contributed by atoms with E-state index in [1.807, 2.05) is 30.3 Å². The van der Waals surface area contributed by atoms with E-state index < -0.39 is 0 Å². The molecule has 0 heterocycles. The average molecular weight is 246 g/mol. The SMILES string of the molecule is C[C@@H](NC(=O)CNc1ccccc1)C1CCCC1. The number of carbonyl (C=O) groups excluding carboxylic acids is 1. The highest BCUT2D eigenvalue weighted by Crippen LogP contribution is 2.27. The quantitative estimate of drug-likeness (QED) is 0.838. The van der Waals surface area contributed by atoms with Crippen molar-refractivity contribution >= 4 is 11.6 Å². The van der Waals surface area contributed by atoms with Gasteiger partial charge in [-0.3, -0.25) is 4.79 Å². The minimum atomic E-state index is 0.0817. The molecule has 0 spiro atoms. The maximum Gasteiger partial charge on any atom is 0.239 e. The predicted octanol–water partition coefficient (Wildman–Crippen LogP) is 2.79. The molecule has 0 aliphatic heterocycles. The molecule has 1 aliphatic rings. The first kappa shape index (κ1) is 12.9. The Morgan fingerprint density at radius 2 is 1.94 bits per heavy atom. The molecule has 0 radical (unpaired) electrons. The number of amides is 1. The summed E-state index contributed by atoms with van der Waals surface area (Å²) in [7, 11) is 0. The van der Waals surface area contributed by atoms with E-state index in [0.717, 1.165) is 5.69 Å². The largest absolute Gasteiger partial charge is 0.376 e. The third kappa shape index (κ3) is 3.76. The van der Waals surface area contributed by atoms with Crippen LogP contribution in [0.5, 0.6) is 0 Å². The first-order chi connectivity index (χ1) is 8.75. The van der Waals surface area contributed by atoms with Gasteiger partial charge in [0, 0.05) is 11.7 Å². The fourth-order valence-electron chi connectivity index (χ4n) is 2.62. The minimum absolute atomic E-state index is 0.0817. The fraction of sp³-hybridized carbons (Fsp3) is 0.533. The number of nitrogens with one attached hydrogen (secondary N) is 2. The van der Waals surface area contributed by atoms with E-state index in [4.69, 9.17) is 0 Å². The molecule has 1 aromatic rings. The van der Waals surface area contributed by atoms with Gasteiger partial charge < -0.3 is 10.6 Å². The summed E-state index contributed by atoms with van der Waals surface area (Å²) >= 11 is 0. The zero-order valence-electron chi connectivity index (χ0n) is 11.0. The smallest absolute Gasteiger partial charge is 0.239 e. The Labute approximate surface area is 109 Å². The van der Waals surface area contributed by atoms with Crippen molar-refractivity contribution < 1.29 is 4.79 Å². The van der Waals surface area contributed by atoms with Crippen LogP contribution in [0.15, 0.2) is 30.3 Å². The van der Waals surface area contributed by atoms with Gasteiger partial charge in [0.1, 0.15) is 0 Å². The lowest BCUT2D eigenvalue weighted by molar-refractivity contribution is -0.120. The third-order valence-corrected chi connectivity index (χ3v) is 3.72. The number of carbonyl (C=O) groups is 1. The molecular weight excluding hydrogens is 224 g/mol. The molecule has 1 aliphatic carbocycles. The van der Waals surface area contributed by atoms with Crippen molar-refractivity contribution in [3.63, 3.8) is 0 Å². The summed E-state index contributed by atoms with van der Waals surface area (Å²) in [6.07, 6.45) is 5.14. The van der Waals surface area contributed by atoms with E-state index in [1.165, 1.54) is 25.7 Å². The number of para-hydroxylation sites is 1. The molecular formula is C15H22N2O. The Morgan fingerprint density at radius 3 is 2.61 bits per heavy atom. The maximum absolute atomic E-state index is 11.8. The van der Waals surface area contributed by atoms with Crippen LogP contribution in [-0.2, 0) is 4.79 Å². The van der Waals surface area contributed by atoms with Gasteiger partial charge in [0.2, 0.25) is 5.91 Å². The van der Waals surface area contributed by atoms with Gasteiger partial charge in [-0.1, -0.05) is 31.0 Å². The highest BCUT2D eigenvalue weighted by atomic mass is 16.1. The Morgan fingerprint density at radius 1 is 1.28 bits per heavy atom. The van der Waals surface area contributed by atoms with Gasteiger partial charge in [-0.15, -0.1) is 0 Å². The maximum atomic E-state index is 11.8. The molecule has 0 aromatic heterocycles. The van der Waals surface area contributed by atoms with Crippen LogP contribution in [-0.4, -0.2) is 18.5 Å². The Balaban J connectivity index is 1.71. The molecule has 18 heavy (non-hydrogen) atoms. The molecule has 1 amide bonds. The van der Waals surface area contributed by atoms with Gasteiger partial charge in [0.25, 0.3) is 0 Å². The monoisotopic (exact) mass is 246 g/mol. The van der Waals surface area contributed by atoms with Crippen molar-refractivity contribution in [1.29, 1.82) is 0 Å². The van der Waals surface area contributed by atoms with Crippen molar-refractivity contribution in [1.82, 2.24) is 5.32 Å². The molecule has 98 valence electrons. The molecule has 1 aromatic carbocycles. The van der Waals surface area contributed by atoms with E-state index in [-0.39, 0.29) is 5.91 Å². The van der Waals surface area contributed by atoms with Gasteiger partial charge in [-0.05, 0) is 37.8 Å². The van der Waals surface area contributed by atoms with Crippen molar-refractivity contribution in [3.8, 4) is 0 Å². The molecule has 2 N–H and O–H groups in total. The predicted molar refractivity (Wildman–Crippen MR) is 74.5 cm³/mol. The van der Waals surface area contributed by atoms with Crippen LogP contribution in [0.1, 0.15) is 32.6 Å². The van der Waals surface area contributed by atoms with Crippen molar-refractivity contribution in [2.24, 2.45) is 5.92 Å². The summed E-state index contributed by atoms with van der Waals surface area (Å²) < 4.78 is 0. The number of anilines is 1. The zero-order valence-corrected chi connectivity index (χ0v) is 11.0. The van der Waals surface area contributed by atoms with Crippen molar-refractivity contribution in [2.45, 2.75) is 38.6 Å². The molecule has 0 bridgehead atoms. The summed E-state index contributed by atoms with van der Waals surface area (Å²) in [6.45, 7) is 2.47. The fourth-order valence-corrected chi connectivity index (χ4v) is 2.62. The van der Waals surface area contributed by atoms with Gasteiger partial charge in [-0.25, -0.2) is 0 Å². The van der Waals surface area contributed by atoms with E-state index in [1.54, 1.807) is 0 Å². The number of hydrogen-bond donors (Lipinski definition) is 2. The Kier molecular flexibility index (Phi) is 4.62. The lowest BCUT2D eigenvalue weighted by Gasteiger charge is -2.20. The second kappa shape index (κ2) is 6.43. The van der Waals surface area contributed by atoms with Crippen LogP contribution >= 0.6 is 0 Å². The molecule has 3 nitrogen and oxygen atoms in total. The van der Waals surface area contributed by atoms with E-state index >= 15 is 0 Å². The third-order valence-electron chi connectivity index (χ3n) is 3.72. The van der Waals surface area contributed by atoms with Gasteiger partial charge in [0.05, 0.1) is 6.54 Å². The second-order valence-electron chi connectivity index (χ2n) is 5.12. The molecule has 1 fully saturated rings. The number of benzene rings is 1. The molecule has 1 saturated carbocycles. The average Bonchev–Trinajstić information content (AvgIpc) is 2.91. The topological polar surface area (TPSA) is 41.1 Å². The Hall–Kier alpha value is -1.51. The standard InChI is InChI=1S/C15H22N2O/c1-12(13-7-5-6-8-13)17-15(18)11-16-14-9-3-2-4-10-14/h2-4,9-10,12-13,16H,5-8,11H2,1H3,(H,17,18)/t12-/m1/s1. The van der Waals surface area contributed by atoms with Crippen molar-refractivity contribution in [3.05, 3.63) is 30.3 Å². The second-order valence-corrected chi connectivity index (χ2v) is 5.12. The summed E-state index contributed by atoms with van der Waals surface area (Å²) in [5.41, 5.74) is 0.987. The van der Waals surface area contributed by atoms with Crippen LogP contribution in [0.2, 0.25) is 0 Å². The van der Waals surface area contributed by atoms with Crippen LogP contribution in [0.4, 0.5) is 5.69 Å². The Bertz CT molecular complexity index is 371. The van der Waals surface area contributed by atoms with E-state index in [0.29, 0.717) is 18.5 Å². The van der Waals surface area contributed by atoms with E-state index in [9.17, 15) is 4.79 Å². The molecule has 0 saturated heterocycles. The molecule has 3 heteroatoms. The minimum Gasteiger partial charge on any atom is -0.376 e. The van der Waals surface area contributed by atoms with Gasteiger partial charge in [-0.2, -0.15) is 0 Å². The first-order valence-electron chi connectivity index (χ1n) is 6.84. The molecule has 2 rings (SSSR count). The number of rotatable bonds is 5. The first-order valence-corrected chi connectivity index (χ1v) is 6.84. The lowest BCUT2D eigenvalue weighted by atomic mass is 10.00. The van der Waals surface area contributed by atoms with Crippen molar-refractivity contribution in [2.75, 3.05) is 11.9 Å². The van der Waals surface area contributed by atoms with Crippen LogP contribution in [0.25, 0.3) is 0 Å². The lowest BCUT2D eigenvalue weighted by Crippen LogP contribution is -2.40. The van der Waals surface area contributed by atoms with Crippen LogP contribution < -0.4 is 10.6 Å². The van der Waals surface area contributed by atoms with Crippen LogP contribution in [0, 0.1) is 5.92 Å². The highest BCUT2D eigenvalue weighted by molar-refractivity contribution is 5.80. The highest BCUT2D eigenvalue weighted by Gasteiger charge is 2.22.